The van der Waals surface area contributed by atoms with E-state index in [1.54, 1.807) is 20.1 Å². The maximum Gasteiger partial charge on any atom is 0.348 e. The first-order valence-corrected chi connectivity index (χ1v) is 9.69. The summed E-state index contributed by atoms with van der Waals surface area (Å²) in [6.07, 6.45) is 3.63. The van der Waals surface area contributed by atoms with Crippen molar-refractivity contribution < 1.29 is 14.3 Å². The van der Waals surface area contributed by atoms with E-state index in [-0.39, 0.29) is 5.56 Å². The number of carbonyl (C=O) groups excluding carboxylic acids is 1. The van der Waals surface area contributed by atoms with Gasteiger partial charge in [0.1, 0.15) is 21.3 Å². The summed E-state index contributed by atoms with van der Waals surface area (Å²) >= 11 is 1.16. The molecule has 0 atom stereocenters. The Bertz CT molecular complexity index is 1330. The van der Waals surface area contributed by atoms with E-state index in [1.807, 2.05) is 42.5 Å². The zero-order valence-electron chi connectivity index (χ0n) is 16.1. The summed E-state index contributed by atoms with van der Waals surface area (Å²) in [6, 6.07) is 11.9. The van der Waals surface area contributed by atoms with Crippen molar-refractivity contribution in [2.24, 2.45) is 0 Å². The maximum atomic E-state index is 12.5. The Kier molecular flexibility index (Phi) is 4.90. The van der Waals surface area contributed by atoms with Crippen molar-refractivity contribution in [3.63, 3.8) is 0 Å². The summed E-state index contributed by atoms with van der Waals surface area (Å²) in [5.74, 6) is 0.776. The second-order valence-corrected chi connectivity index (χ2v) is 7.48. The van der Waals surface area contributed by atoms with Crippen LogP contribution in [0.2, 0.25) is 0 Å². The van der Waals surface area contributed by atoms with Crippen LogP contribution in [0.15, 0.2) is 41.2 Å². The highest BCUT2D eigenvalue weighted by molar-refractivity contribution is 7.20. The molecule has 0 unspecified atom stereocenters. The van der Waals surface area contributed by atoms with Crippen LogP contribution in [0.5, 0.6) is 5.75 Å². The van der Waals surface area contributed by atoms with Crippen LogP contribution in [0.4, 0.5) is 0 Å². The molecule has 1 N–H and O–H groups in total. The third kappa shape index (κ3) is 3.52. The minimum absolute atomic E-state index is 0.274. The standard InChI is InChI=1S/C22H18N2O4S/c1-12-18-20(25)23-17(24-21(18)29-19(12)22(26)28-3)9-5-13-4-6-15-11-16(27-2)8-7-14(15)10-13/h4-11H,1-3H3,(H,23,24,25)/b9-5+. The zero-order chi connectivity index (χ0) is 20.5. The number of thiophene rings is 1. The van der Waals surface area contributed by atoms with E-state index in [0.717, 1.165) is 33.4 Å². The number of esters is 1. The SMILES string of the molecule is COC(=O)c1sc2nc(/C=C/c3ccc4cc(OC)ccc4c3)[nH]c(=O)c2c1C. The van der Waals surface area contributed by atoms with Crippen molar-refractivity contribution in [1.82, 2.24) is 9.97 Å². The van der Waals surface area contributed by atoms with Gasteiger partial charge in [0.05, 0.1) is 19.6 Å². The van der Waals surface area contributed by atoms with Gasteiger partial charge in [-0.2, -0.15) is 0 Å². The topological polar surface area (TPSA) is 81.3 Å². The number of aromatic nitrogens is 2. The highest BCUT2D eigenvalue weighted by Crippen LogP contribution is 2.28. The number of ether oxygens (including phenoxy) is 2. The van der Waals surface area contributed by atoms with Crippen molar-refractivity contribution in [2.45, 2.75) is 6.92 Å². The van der Waals surface area contributed by atoms with Crippen molar-refractivity contribution in [1.29, 1.82) is 0 Å². The molecule has 0 aliphatic heterocycles. The number of methoxy groups -OCH3 is 2. The molecule has 0 bridgehead atoms. The van der Waals surface area contributed by atoms with Crippen LogP contribution in [0, 0.1) is 6.92 Å². The molecule has 0 fully saturated rings. The van der Waals surface area contributed by atoms with Crippen molar-refractivity contribution in [2.75, 3.05) is 14.2 Å². The molecule has 4 aromatic rings. The molecule has 2 heterocycles. The average Bonchev–Trinajstić information content (AvgIpc) is 3.08. The minimum Gasteiger partial charge on any atom is -0.497 e. The van der Waals surface area contributed by atoms with Gasteiger partial charge in [-0.1, -0.05) is 24.3 Å². The number of aromatic amines is 1. The molecule has 2 aromatic carbocycles. The average molecular weight is 406 g/mol. The van der Waals surface area contributed by atoms with Gasteiger partial charge in [-0.3, -0.25) is 4.79 Å². The van der Waals surface area contributed by atoms with Gasteiger partial charge in [-0.05, 0) is 53.1 Å². The molecule has 6 nitrogen and oxygen atoms in total. The van der Waals surface area contributed by atoms with E-state index in [1.165, 1.54) is 7.11 Å². The molecule has 0 amide bonds. The van der Waals surface area contributed by atoms with Gasteiger partial charge >= 0.3 is 5.97 Å². The van der Waals surface area contributed by atoms with E-state index in [0.29, 0.717) is 26.5 Å². The van der Waals surface area contributed by atoms with Gasteiger partial charge in [-0.25, -0.2) is 9.78 Å². The predicted octanol–water partition coefficient (Wildman–Crippen LogP) is 4.41. The van der Waals surface area contributed by atoms with E-state index in [4.69, 9.17) is 9.47 Å². The molecule has 0 aliphatic rings. The molecule has 29 heavy (non-hydrogen) atoms. The first-order valence-electron chi connectivity index (χ1n) is 8.88. The lowest BCUT2D eigenvalue weighted by atomic mass is 10.1. The maximum absolute atomic E-state index is 12.5. The summed E-state index contributed by atoms with van der Waals surface area (Å²) in [5, 5.41) is 2.59. The van der Waals surface area contributed by atoms with Gasteiger partial charge in [-0.15, -0.1) is 11.3 Å². The lowest BCUT2D eigenvalue weighted by Gasteiger charge is -2.03. The number of nitrogens with one attached hydrogen (secondary N) is 1. The van der Waals surface area contributed by atoms with Crippen molar-refractivity contribution in [3.05, 3.63) is 68.6 Å². The molecule has 0 spiro atoms. The van der Waals surface area contributed by atoms with Gasteiger partial charge < -0.3 is 14.5 Å². The third-order valence-corrected chi connectivity index (χ3v) is 5.86. The van der Waals surface area contributed by atoms with E-state index < -0.39 is 5.97 Å². The number of hydrogen-bond acceptors (Lipinski definition) is 6. The molecule has 7 heteroatoms. The van der Waals surface area contributed by atoms with Crippen LogP contribution in [-0.4, -0.2) is 30.2 Å². The largest absolute Gasteiger partial charge is 0.497 e. The first kappa shape index (κ1) is 18.9. The van der Waals surface area contributed by atoms with Crippen LogP contribution in [0.25, 0.3) is 33.1 Å². The molecule has 0 saturated heterocycles. The Labute approximate surface area is 170 Å². The number of H-pyrrole nitrogens is 1. The fraction of sp³-hybridized carbons (Fsp3) is 0.136. The zero-order valence-corrected chi connectivity index (χ0v) is 16.9. The van der Waals surface area contributed by atoms with Crippen LogP contribution < -0.4 is 10.3 Å². The van der Waals surface area contributed by atoms with Gasteiger partial charge in [0, 0.05) is 0 Å². The summed E-state index contributed by atoms with van der Waals surface area (Å²) < 4.78 is 10.0. The monoisotopic (exact) mass is 406 g/mol. The molecule has 146 valence electrons. The van der Waals surface area contributed by atoms with E-state index >= 15 is 0 Å². The van der Waals surface area contributed by atoms with Crippen LogP contribution in [0.1, 0.15) is 26.6 Å². The lowest BCUT2D eigenvalue weighted by molar-refractivity contribution is 0.0605. The quantitative estimate of drug-likeness (QED) is 0.508. The fourth-order valence-corrected chi connectivity index (χ4v) is 4.28. The number of benzene rings is 2. The number of hydrogen-bond donors (Lipinski definition) is 1. The predicted molar refractivity (Wildman–Crippen MR) is 116 cm³/mol. The van der Waals surface area contributed by atoms with Crippen molar-refractivity contribution in [3.8, 4) is 5.75 Å². The summed E-state index contributed by atoms with van der Waals surface area (Å²) in [6.45, 7) is 1.72. The van der Waals surface area contributed by atoms with Crippen LogP contribution >= 0.6 is 11.3 Å². The van der Waals surface area contributed by atoms with Crippen LogP contribution in [0.3, 0.4) is 0 Å². The molecule has 0 aliphatic carbocycles. The first-order chi connectivity index (χ1) is 14.0. The summed E-state index contributed by atoms with van der Waals surface area (Å²) in [7, 11) is 2.96. The smallest absolute Gasteiger partial charge is 0.348 e. The number of fused-ring (bicyclic) bond motifs is 2. The Morgan fingerprint density at radius 1 is 1.10 bits per heavy atom. The van der Waals surface area contributed by atoms with Gasteiger partial charge in [0.15, 0.2) is 0 Å². The molecular weight excluding hydrogens is 388 g/mol. The molecular formula is C22H18N2O4S. The van der Waals surface area contributed by atoms with Crippen molar-refractivity contribution >= 4 is 50.4 Å². The van der Waals surface area contributed by atoms with Crippen LogP contribution in [-0.2, 0) is 4.74 Å². The normalized spacial score (nSPS) is 11.4. The highest BCUT2D eigenvalue weighted by atomic mass is 32.1. The highest BCUT2D eigenvalue weighted by Gasteiger charge is 2.19. The number of nitrogens with zero attached hydrogens (tertiary/aromatic N) is 1. The number of rotatable bonds is 4. The fourth-order valence-electron chi connectivity index (χ4n) is 3.17. The Morgan fingerprint density at radius 3 is 2.62 bits per heavy atom. The number of aryl methyl sites for hydroxylation is 1. The minimum atomic E-state index is -0.463. The van der Waals surface area contributed by atoms with E-state index in [9.17, 15) is 9.59 Å². The summed E-state index contributed by atoms with van der Waals surface area (Å²) in [5.41, 5.74) is 1.29. The van der Waals surface area contributed by atoms with Gasteiger partial charge in [0.25, 0.3) is 5.56 Å². The second kappa shape index (κ2) is 7.52. The molecule has 2 aromatic heterocycles. The molecule has 0 radical (unpaired) electrons. The second-order valence-electron chi connectivity index (χ2n) is 6.48. The number of carbonyl (C=O) groups is 1. The Hall–Kier alpha value is -3.45. The molecule has 0 saturated carbocycles. The third-order valence-electron chi connectivity index (χ3n) is 4.69. The van der Waals surface area contributed by atoms with Gasteiger partial charge in [0.2, 0.25) is 0 Å². The Balaban J connectivity index is 1.70. The summed E-state index contributed by atoms with van der Waals surface area (Å²) in [4.78, 5) is 32.5. The molecule has 4 rings (SSSR count). The Morgan fingerprint density at radius 2 is 1.86 bits per heavy atom. The van der Waals surface area contributed by atoms with E-state index in [2.05, 4.69) is 9.97 Å². The lowest BCUT2D eigenvalue weighted by Crippen LogP contribution is -2.09.